The molecule has 0 atom stereocenters. The Morgan fingerprint density at radius 1 is 0.688 bits per heavy atom. The number of hydrogen-bond donors (Lipinski definition) is 2. The Hall–Kier alpha value is -4.02. The number of nitrogens with zero attached hydrogens (tertiary/aromatic N) is 2. The Kier molecular flexibility index (Phi) is 6.67. The van der Waals surface area contributed by atoms with Gasteiger partial charge in [-0.2, -0.15) is 0 Å². The largest absolute Gasteiger partial charge is 0.316 e. The molecule has 162 valence electrons. The van der Waals surface area contributed by atoms with Crippen molar-refractivity contribution in [3.05, 3.63) is 102 Å². The summed E-state index contributed by atoms with van der Waals surface area (Å²) in [5.74, 6) is -1.41. The molecule has 0 spiro atoms. The zero-order valence-corrected chi connectivity index (χ0v) is 17.4. The second kappa shape index (κ2) is 9.41. The molecule has 3 rings (SSSR count). The van der Waals surface area contributed by atoms with Crippen LogP contribution in [0.25, 0.3) is 0 Å². The van der Waals surface area contributed by atoms with Crippen LogP contribution in [0.4, 0.5) is 22.7 Å². The highest BCUT2D eigenvalue weighted by molar-refractivity contribution is 6.31. The predicted molar refractivity (Wildman–Crippen MR) is 119 cm³/mol. The number of anilines is 2. The van der Waals surface area contributed by atoms with E-state index < -0.39 is 33.0 Å². The van der Waals surface area contributed by atoms with E-state index in [1.165, 1.54) is 48.5 Å². The summed E-state index contributed by atoms with van der Waals surface area (Å²) in [6.45, 7) is 0. The molecule has 0 aliphatic rings. The second-order valence-corrected chi connectivity index (χ2v) is 7.20. The minimum absolute atomic E-state index is 0.0347. The molecular weight excluding hydrogens is 463 g/mol. The number of nitrogens with one attached hydrogen (secondary N) is 2. The smallest absolute Gasteiger partial charge is 0.294 e. The minimum atomic E-state index is -0.706. The summed E-state index contributed by atoms with van der Waals surface area (Å²) in [6, 6.07) is 13.0. The van der Waals surface area contributed by atoms with Crippen LogP contribution in [0.2, 0.25) is 10.0 Å². The fourth-order valence-electron chi connectivity index (χ4n) is 2.71. The van der Waals surface area contributed by atoms with Gasteiger partial charge in [-0.05, 0) is 42.5 Å². The Balaban J connectivity index is 1.83. The first-order valence-corrected chi connectivity index (χ1v) is 9.52. The van der Waals surface area contributed by atoms with Gasteiger partial charge in [0.2, 0.25) is 0 Å². The molecule has 0 fully saturated rings. The van der Waals surface area contributed by atoms with Crippen LogP contribution >= 0.6 is 23.2 Å². The van der Waals surface area contributed by atoms with Crippen LogP contribution in [0.5, 0.6) is 0 Å². The van der Waals surface area contributed by atoms with Crippen molar-refractivity contribution < 1.29 is 19.4 Å². The molecule has 0 bridgehead atoms. The standard InChI is InChI=1S/C20H12Cl2N4O6/c21-13-4-6-15(17(9-13)25(29)30)23-19(27)11-2-1-3-12(8-11)20(28)24-16-7-5-14(22)10-18(16)26(31)32/h1-10H,(H,23,27)(H,24,28). The second-order valence-electron chi connectivity index (χ2n) is 6.33. The zero-order chi connectivity index (χ0) is 23.4. The number of carbonyl (C=O) groups excluding carboxylic acids is 2. The molecular formula is C20H12Cl2N4O6. The van der Waals surface area contributed by atoms with Gasteiger partial charge >= 0.3 is 0 Å². The van der Waals surface area contributed by atoms with Crippen LogP contribution in [0.1, 0.15) is 20.7 Å². The molecule has 0 radical (unpaired) electrons. The van der Waals surface area contributed by atoms with Gasteiger partial charge in [-0.1, -0.05) is 29.3 Å². The number of carbonyl (C=O) groups is 2. The van der Waals surface area contributed by atoms with E-state index in [-0.39, 0.29) is 32.5 Å². The Bertz CT molecular complexity index is 1170. The van der Waals surface area contributed by atoms with E-state index in [1.807, 2.05) is 0 Å². The van der Waals surface area contributed by atoms with Crippen molar-refractivity contribution >= 4 is 57.8 Å². The van der Waals surface area contributed by atoms with Crippen LogP contribution in [0.3, 0.4) is 0 Å². The maximum atomic E-state index is 12.6. The third kappa shape index (κ3) is 5.17. The van der Waals surface area contributed by atoms with Crippen molar-refractivity contribution in [2.75, 3.05) is 10.6 Å². The SMILES string of the molecule is O=C(Nc1ccc(Cl)cc1[N+](=O)[O-])c1cccc(C(=O)Nc2ccc(Cl)cc2[N+](=O)[O-])c1. The van der Waals surface area contributed by atoms with Gasteiger partial charge in [0.1, 0.15) is 11.4 Å². The van der Waals surface area contributed by atoms with Crippen molar-refractivity contribution in [2.45, 2.75) is 0 Å². The third-order valence-electron chi connectivity index (χ3n) is 4.20. The van der Waals surface area contributed by atoms with Crippen molar-refractivity contribution in [3.63, 3.8) is 0 Å². The molecule has 32 heavy (non-hydrogen) atoms. The molecule has 3 aromatic carbocycles. The maximum Gasteiger partial charge on any atom is 0.294 e. The lowest BCUT2D eigenvalue weighted by Crippen LogP contribution is -2.16. The summed E-state index contributed by atoms with van der Waals surface area (Å²) in [6.07, 6.45) is 0. The van der Waals surface area contributed by atoms with E-state index >= 15 is 0 Å². The molecule has 2 N–H and O–H groups in total. The van der Waals surface area contributed by atoms with Gasteiger partial charge in [0.05, 0.1) is 9.85 Å². The number of nitro benzene ring substituents is 2. The molecule has 0 aliphatic heterocycles. The molecule has 0 unspecified atom stereocenters. The van der Waals surface area contributed by atoms with Gasteiger partial charge in [0.25, 0.3) is 23.2 Å². The van der Waals surface area contributed by atoms with Crippen molar-refractivity contribution in [1.29, 1.82) is 0 Å². The molecule has 10 nitrogen and oxygen atoms in total. The van der Waals surface area contributed by atoms with Crippen LogP contribution < -0.4 is 10.6 Å². The van der Waals surface area contributed by atoms with E-state index in [0.29, 0.717) is 0 Å². The lowest BCUT2D eigenvalue weighted by molar-refractivity contribution is -0.384. The highest BCUT2D eigenvalue weighted by atomic mass is 35.5. The summed E-state index contributed by atoms with van der Waals surface area (Å²) in [5, 5.41) is 27.5. The topological polar surface area (TPSA) is 144 Å². The van der Waals surface area contributed by atoms with Crippen molar-refractivity contribution in [3.8, 4) is 0 Å². The summed E-state index contributed by atoms with van der Waals surface area (Å²) in [4.78, 5) is 46.2. The number of benzene rings is 3. The molecule has 0 saturated carbocycles. The van der Waals surface area contributed by atoms with Gasteiger partial charge in [-0.3, -0.25) is 29.8 Å². The summed E-state index contributed by atoms with van der Waals surface area (Å²) in [7, 11) is 0. The fraction of sp³-hybridized carbons (Fsp3) is 0. The first kappa shape index (κ1) is 22.7. The van der Waals surface area contributed by atoms with Crippen LogP contribution in [0, 0.1) is 20.2 Å². The highest BCUT2D eigenvalue weighted by Gasteiger charge is 2.20. The Morgan fingerprint density at radius 3 is 1.47 bits per heavy atom. The number of halogens is 2. The Morgan fingerprint density at radius 2 is 1.09 bits per heavy atom. The Labute approximate surface area is 190 Å². The average Bonchev–Trinajstić information content (AvgIpc) is 2.75. The third-order valence-corrected chi connectivity index (χ3v) is 4.67. The lowest BCUT2D eigenvalue weighted by atomic mass is 10.1. The van der Waals surface area contributed by atoms with Gasteiger partial charge in [0, 0.05) is 33.3 Å². The number of amides is 2. The van der Waals surface area contributed by atoms with E-state index in [9.17, 15) is 29.8 Å². The van der Waals surface area contributed by atoms with Crippen LogP contribution in [-0.4, -0.2) is 21.7 Å². The molecule has 0 aromatic heterocycles. The summed E-state index contributed by atoms with van der Waals surface area (Å²) >= 11 is 11.5. The van der Waals surface area contributed by atoms with E-state index in [1.54, 1.807) is 0 Å². The predicted octanol–water partition coefficient (Wildman–Crippen LogP) is 5.31. The summed E-state index contributed by atoms with van der Waals surface area (Å²) in [5.41, 5.74) is -0.864. The van der Waals surface area contributed by atoms with Crippen LogP contribution in [0.15, 0.2) is 60.7 Å². The number of nitro groups is 2. The average molecular weight is 475 g/mol. The minimum Gasteiger partial charge on any atom is -0.316 e. The maximum absolute atomic E-state index is 12.6. The number of hydrogen-bond acceptors (Lipinski definition) is 6. The molecule has 3 aromatic rings. The van der Waals surface area contributed by atoms with E-state index in [0.717, 1.165) is 12.1 Å². The molecule has 0 heterocycles. The van der Waals surface area contributed by atoms with Crippen LogP contribution in [-0.2, 0) is 0 Å². The molecule has 2 amide bonds. The van der Waals surface area contributed by atoms with Gasteiger partial charge in [0.15, 0.2) is 0 Å². The highest BCUT2D eigenvalue weighted by Crippen LogP contribution is 2.29. The summed E-state index contributed by atoms with van der Waals surface area (Å²) < 4.78 is 0. The first-order chi connectivity index (χ1) is 15.2. The van der Waals surface area contributed by atoms with Gasteiger partial charge in [-0.15, -0.1) is 0 Å². The number of rotatable bonds is 6. The van der Waals surface area contributed by atoms with E-state index in [2.05, 4.69) is 10.6 Å². The fourth-order valence-corrected chi connectivity index (χ4v) is 3.05. The van der Waals surface area contributed by atoms with Gasteiger partial charge < -0.3 is 10.6 Å². The monoisotopic (exact) mass is 474 g/mol. The zero-order valence-electron chi connectivity index (χ0n) is 15.9. The first-order valence-electron chi connectivity index (χ1n) is 8.76. The van der Waals surface area contributed by atoms with Crippen molar-refractivity contribution in [2.24, 2.45) is 0 Å². The molecule has 0 aliphatic carbocycles. The van der Waals surface area contributed by atoms with E-state index in [4.69, 9.17) is 23.2 Å². The molecule has 12 heteroatoms. The lowest BCUT2D eigenvalue weighted by Gasteiger charge is -2.09. The van der Waals surface area contributed by atoms with Crippen molar-refractivity contribution in [1.82, 2.24) is 0 Å². The van der Waals surface area contributed by atoms with Gasteiger partial charge in [-0.25, -0.2) is 0 Å². The quantitative estimate of drug-likeness (QED) is 0.365. The molecule has 0 saturated heterocycles. The normalized spacial score (nSPS) is 10.3.